The molecule has 8 heteroatoms. The Morgan fingerprint density at radius 3 is 2.89 bits per heavy atom. The molecule has 1 unspecified atom stereocenters. The number of rotatable bonds is 4. The molecule has 1 aliphatic rings. The number of carbonyl (C=O) groups is 2. The Bertz CT molecular complexity index is 1040. The van der Waals surface area contributed by atoms with Crippen molar-refractivity contribution in [3.05, 3.63) is 65.1 Å². The first kappa shape index (κ1) is 17.1. The number of Topliss-reactive ketones (excluding diaryl/α,β-unsaturated/α-hetero) is 1. The van der Waals surface area contributed by atoms with Crippen LogP contribution in [0.25, 0.3) is 5.52 Å². The number of hydrogen-bond donors (Lipinski definition) is 0. The lowest BCUT2D eigenvalue weighted by Crippen LogP contribution is -2.45. The van der Waals surface area contributed by atoms with Crippen molar-refractivity contribution in [2.24, 2.45) is 5.92 Å². The maximum atomic E-state index is 12.7. The second-order valence-corrected chi connectivity index (χ2v) is 6.65. The zero-order valence-corrected chi connectivity index (χ0v) is 14.7. The molecule has 27 heavy (non-hydrogen) atoms. The molecule has 3 aromatic rings. The van der Waals surface area contributed by atoms with Crippen LogP contribution in [0.15, 0.2) is 53.8 Å². The van der Waals surface area contributed by atoms with Gasteiger partial charge >= 0.3 is 0 Å². The van der Waals surface area contributed by atoms with Gasteiger partial charge in [-0.25, -0.2) is 4.68 Å². The molecular weight excluding hydrogens is 346 g/mol. The lowest BCUT2D eigenvalue weighted by Gasteiger charge is -2.32. The van der Waals surface area contributed by atoms with Crippen LogP contribution >= 0.6 is 0 Å². The molecule has 1 fully saturated rings. The van der Waals surface area contributed by atoms with E-state index in [0.29, 0.717) is 24.3 Å². The summed E-state index contributed by atoms with van der Waals surface area (Å²) in [6.45, 7) is 0.786. The van der Waals surface area contributed by atoms with Crippen molar-refractivity contribution in [2.75, 3.05) is 13.1 Å². The van der Waals surface area contributed by atoms with Gasteiger partial charge in [0.25, 0.3) is 5.56 Å². The maximum absolute atomic E-state index is 12.7. The third-order valence-electron chi connectivity index (χ3n) is 4.90. The number of pyridine rings is 1. The molecule has 3 aromatic heterocycles. The Labute approximate surface area is 155 Å². The summed E-state index contributed by atoms with van der Waals surface area (Å²) in [7, 11) is 0. The Morgan fingerprint density at radius 1 is 1.19 bits per heavy atom. The number of amides is 1. The van der Waals surface area contributed by atoms with Crippen molar-refractivity contribution in [3.63, 3.8) is 0 Å². The van der Waals surface area contributed by atoms with Gasteiger partial charge in [0.1, 0.15) is 24.1 Å². The Hall–Kier alpha value is -3.29. The van der Waals surface area contributed by atoms with Gasteiger partial charge in [-0.2, -0.15) is 5.10 Å². The number of aromatic nitrogens is 4. The highest BCUT2D eigenvalue weighted by molar-refractivity contribution is 5.96. The summed E-state index contributed by atoms with van der Waals surface area (Å²) in [6, 6.07) is 8.68. The molecule has 0 bridgehead atoms. The number of piperidine rings is 1. The van der Waals surface area contributed by atoms with E-state index >= 15 is 0 Å². The molecule has 1 saturated heterocycles. The minimum absolute atomic E-state index is 0.0435. The summed E-state index contributed by atoms with van der Waals surface area (Å²) in [5.74, 6) is -0.521. The average Bonchev–Trinajstić information content (AvgIpc) is 3.20. The second-order valence-electron chi connectivity index (χ2n) is 6.65. The van der Waals surface area contributed by atoms with E-state index in [2.05, 4.69) is 10.1 Å². The molecule has 0 N–H and O–H groups in total. The largest absolute Gasteiger partial charge is 0.340 e. The van der Waals surface area contributed by atoms with Gasteiger partial charge in [-0.15, -0.1) is 0 Å². The van der Waals surface area contributed by atoms with Gasteiger partial charge in [0.2, 0.25) is 5.91 Å². The predicted molar refractivity (Wildman–Crippen MR) is 97.3 cm³/mol. The van der Waals surface area contributed by atoms with Crippen molar-refractivity contribution >= 4 is 17.2 Å². The normalized spacial score (nSPS) is 17.2. The number of nitrogens with zero attached hydrogens (tertiary/aromatic N) is 5. The van der Waals surface area contributed by atoms with Crippen LogP contribution in [0.3, 0.4) is 0 Å². The van der Waals surface area contributed by atoms with Crippen LogP contribution < -0.4 is 5.56 Å². The van der Waals surface area contributed by atoms with E-state index in [1.165, 1.54) is 11.0 Å². The molecule has 1 atom stereocenters. The minimum Gasteiger partial charge on any atom is -0.340 e. The minimum atomic E-state index is -0.311. The predicted octanol–water partition coefficient (Wildman–Crippen LogP) is 1.01. The third kappa shape index (κ3) is 3.38. The highest BCUT2D eigenvalue weighted by Crippen LogP contribution is 2.20. The number of fused-ring (bicyclic) bond motifs is 1. The van der Waals surface area contributed by atoms with Gasteiger partial charge in [0.05, 0.1) is 0 Å². The Kier molecular flexibility index (Phi) is 4.53. The Balaban J connectivity index is 1.47. The number of likely N-dealkylation sites (tertiary alicyclic amines) is 1. The van der Waals surface area contributed by atoms with E-state index < -0.39 is 0 Å². The standard InChI is InChI=1S/C19H19N5O3/c25-17(12-24-19(27)16-7-4-10-23(16)13-21-24)22-9-3-5-14(11-22)18(26)15-6-1-2-8-20-15/h1-2,4,6-8,10,13-14H,3,5,9,11-12H2. The van der Waals surface area contributed by atoms with Gasteiger partial charge < -0.3 is 9.30 Å². The van der Waals surface area contributed by atoms with E-state index in [1.807, 2.05) is 0 Å². The van der Waals surface area contributed by atoms with E-state index in [0.717, 1.165) is 12.8 Å². The molecule has 1 aliphatic heterocycles. The first-order valence-electron chi connectivity index (χ1n) is 8.89. The zero-order valence-electron chi connectivity index (χ0n) is 14.7. The highest BCUT2D eigenvalue weighted by Gasteiger charge is 2.29. The van der Waals surface area contributed by atoms with Crippen LogP contribution in [-0.4, -0.2) is 48.8 Å². The molecule has 0 spiro atoms. The van der Waals surface area contributed by atoms with Crippen molar-refractivity contribution in [1.29, 1.82) is 0 Å². The van der Waals surface area contributed by atoms with Crippen LogP contribution in [-0.2, 0) is 11.3 Å². The van der Waals surface area contributed by atoms with Crippen molar-refractivity contribution in [3.8, 4) is 0 Å². The summed E-state index contributed by atoms with van der Waals surface area (Å²) >= 11 is 0. The first-order valence-corrected chi connectivity index (χ1v) is 8.89. The van der Waals surface area contributed by atoms with Crippen LogP contribution in [0.1, 0.15) is 23.3 Å². The molecule has 1 amide bonds. The fourth-order valence-corrected chi connectivity index (χ4v) is 3.45. The SMILES string of the molecule is O=C(c1ccccn1)C1CCCN(C(=O)Cn2ncn3cccc3c2=O)C1. The number of carbonyl (C=O) groups excluding carboxylic acids is 2. The molecule has 4 heterocycles. The van der Waals surface area contributed by atoms with Gasteiger partial charge in [0, 0.05) is 31.4 Å². The molecule has 8 nitrogen and oxygen atoms in total. The van der Waals surface area contributed by atoms with Crippen molar-refractivity contribution in [1.82, 2.24) is 24.1 Å². The summed E-state index contributed by atoms with van der Waals surface area (Å²) in [6.07, 6.45) is 6.30. The quantitative estimate of drug-likeness (QED) is 0.644. The fourth-order valence-electron chi connectivity index (χ4n) is 3.45. The number of hydrogen-bond acceptors (Lipinski definition) is 5. The van der Waals surface area contributed by atoms with Crippen LogP contribution in [0.2, 0.25) is 0 Å². The molecule has 4 rings (SSSR count). The Morgan fingerprint density at radius 2 is 2.07 bits per heavy atom. The van der Waals surface area contributed by atoms with Crippen LogP contribution in [0.5, 0.6) is 0 Å². The van der Waals surface area contributed by atoms with Gasteiger partial charge in [-0.1, -0.05) is 6.07 Å². The van der Waals surface area contributed by atoms with Crippen molar-refractivity contribution < 1.29 is 9.59 Å². The second kappa shape index (κ2) is 7.14. The topological polar surface area (TPSA) is 89.6 Å². The summed E-state index contributed by atoms with van der Waals surface area (Å²) in [5, 5.41) is 4.06. The molecular formula is C19H19N5O3. The summed E-state index contributed by atoms with van der Waals surface area (Å²) < 4.78 is 2.79. The molecule has 0 aliphatic carbocycles. The zero-order chi connectivity index (χ0) is 18.8. The molecule has 0 saturated carbocycles. The molecule has 0 aromatic carbocycles. The average molecular weight is 365 g/mol. The smallest absolute Gasteiger partial charge is 0.291 e. The van der Waals surface area contributed by atoms with E-state index in [-0.39, 0.29) is 29.7 Å². The van der Waals surface area contributed by atoms with Gasteiger partial charge in [-0.05, 0) is 37.1 Å². The molecule has 138 valence electrons. The van der Waals surface area contributed by atoms with Crippen molar-refractivity contribution in [2.45, 2.75) is 19.4 Å². The third-order valence-corrected chi connectivity index (χ3v) is 4.90. The summed E-state index contributed by atoms with van der Waals surface area (Å²) in [4.78, 5) is 43.5. The monoisotopic (exact) mass is 365 g/mol. The maximum Gasteiger partial charge on any atom is 0.291 e. The number of ketones is 1. The lowest BCUT2D eigenvalue weighted by molar-refractivity contribution is -0.133. The lowest BCUT2D eigenvalue weighted by atomic mass is 9.92. The fraction of sp³-hybridized carbons (Fsp3) is 0.316. The van der Waals surface area contributed by atoms with E-state index in [9.17, 15) is 14.4 Å². The van der Waals surface area contributed by atoms with Crippen LogP contribution in [0.4, 0.5) is 0 Å². The van der Waals surface area contributed by atoms with Gasteiger partial charge in [-0.3, -0.25) is 19.4 Å². The van der Waals surface area contributed by atoms with Crippen LogP contribution in [0, 0.1) is 5.92 Å². The summed E-state index contributed by atoms with van der Waals surface area (Å²) in [5.41, 5.74) is 0.585. The van der Waals surface area contributed by atoms with Gasteiger partial charge in [0.15, 0.2) is 5.78 Å². The van der Waals surface area contributed by atoms with E-state index in [4.69, 9.17) is 0 Å². The van der Waals surface area contributed by atoms with E-state index in [1.54, 1.807) is 52.0 Å². The molecule has 0 radical (unpaired) electrons. The highest BCUT2D eigenvalue weighted by atomic mass is 16.2. The first-order chi connectivity index (χ1) is 13.1.